The topological polar surface area (TPSA) is 95.9 Å². The highest BCUT2D eigenvalue weighted by Gasteiger charge is 2.42. The van der Waals surface area contributed by atoms with Crippen molar-refractivity contribution in [3.05, 3.63) is 59.7 Å². The van der Waals surface area contributed by atoms with Crippen LogP contribution in [0.3, 0.4) is 0 Å². The Hall–Kier alpha value is -3.35. The molecule has 2 aromatic rings. The van der Waals surface area contributed by atoms with Crippen LogP contribution < -0.4 is 5.32 Å². The Labute approximate surface area is 187 Å². The Balaban J connectivity index is 1.39. The fourth-order valence-corrected chi connectivity index (χ4v) is 4.74. The predicted molar refractivity (Wildman–Crippen MR) is 119 cm³/mol. The van der Waals surface area contributed by atoms with Crippen LogP contribution in [0.5, 0.6) is 0 Å². The van der Waals surface area contributed by atoms with E-state index in [4.69, 9.17) is 9.84 Å². The summed E-state index contributed by atoms with van der Waals surface area (Å²) in [4.78, 5) is 37.6. The van der Waals surface area contributed by atoms with Crippen LogP contribution >= 0.6 is 0 Å². The van der Waals surface area contributed by atoms with Gasteiger partial charge in [-0.25, -0.2) is 4.79 Å². The third-order valence-electron chi connectivity index (χ3n) is 6.57. The smallest absolute Gasteiger partial charge is 0.407 e. The number of nitrogens with zero attached hydrogens (tertiary/aromatic N) is 1. The second-order valence-corrected chi connectivity index (χ2v) is 8.56. The standard InChI is InChI=1S/C25H28N2O5/c1-2-27(15-23(29)30)22(28)14-25(12-7-13-25)26-24(31)32-16-21-19-10-5-3-8-17(19)18-9-4-6-11-20(18)21/h3-6,8-11,21H,2,7,12-16H2,1H3,(H,26,31)(H,29,30). The number of carboxylic acid groups (broad SMARTS) is 1. The second kappa shape index (κ2) is 9.02. The number of nitrogens with one attached hydrogen (secondary N) is 1. The number of alkyl carbamates (subject to hydrolysis) is 1. The zero-order valence-electron chi connectivity index (χ0n) is 18.2. The summed E-state index contributed by atoms with van der Waals surface area (Å²) in [5.41, 5.74) is 3.95. The second-order valence-electron chi connectivity index (χ2n) is 8.56. The normalized spacial score (nSPS) is 15.8. The molecule has 0 aliphatic heterocycles. The van der Waals surface area contributed by atoms with Crippen LogP contribution in [0.15, 0.2) is 48.5 Å². The van der Waals surface area contributed by atoms with Crippen LogP contribution in [0.25, 0.3) is 11.1 Å². The van der Waals surface area contributed by atoms with Crippen molar-refractivity contribution >= 4 is 18.0 Å². The first-order valence-electron chi connectivity index (χ1n) is 11.1. The van der Waals surface area contributed by atoms with E-state index in [9.17, 15) is 14.4 Å². The zero-order valence-corrected chi connectivity index (χ0v) is 18.2. The van der Waals surface area contributed by atoms with Gasteiger partial charge >= 0.3 is 12.1 Å². The van der Waals surface area contributed by atoms with Crippen LogP contribution in [-0.2, 0) is 14.3 Å². The van der Waals surface area contributed by atoms with E-state index in [0.717, 1.165) is 28.7 Å². The molecule has 0 atom stereocenters. The first-order chi connectivity index (χ1) is 15.4. The summed E-state index contributed by atoms with van der Waals surface area (Å²) in [6, 6.07) is 16.3. The molecule has 0 radical (unpaired) electrons. The van der Waals surface area contributed by atoms with E-state index < -0.39 is 17.6 Å². The number of ether oxygens (including phenoxy) is 1. The van der Waals surface area contributed by atoms with E-state index in [-0.39, 0.29) is 31.4 Å². The molecule has 0 spiro atoms. The number of hydrogen-bond donors (Lipinski definition) is 2. The lowest BCUT2D eigenvalue weighted by molar-refractivity contribution is -0.145. The van der Waals surface area contributed by atoms with Crippen molar-refractivity contribution in [2.45, 2.75) is 44.1 Å². The summed E-state index contributed by atoms with van der Waals surface area (Å²) in [6.45, 7) is 1.93. The van der Waals surface area contributed by atoms with Gasteiger partial charge in [0.15, 0.2) is 0 Å². The Morgan fingerprint density at radius 1 is 1.06 bits per heavy atom. The van der Waals surface area contributed by atoms with Gasteiger partial charge in [0, 0.05) is 12.5 Å². The van der Waals surface area contributed by atoms with Crippen molar-refractivity contribution in [1.29, 1.82) is 0 Å². The largest absolute Gasteiger partial charge is 0.480 e. The lowest BCUT2D eigenvalue weighted by Crippen LogP contribution is -2.56. The number of carboxylic acids is 1. The lowest BCUT2D eigenvalue weighted by atomic mass is 9.74. The molecule has 0 aromatic heterocycles. The number of carbonyl (C=O) groups is 3. The molecule has 168 valence electrons. The summed E-state index contributed by atoms with van der Waals surface area (Å²) in [7, 11) is 0. The highest BCUT2D eigenvalue weighted by molar-refractivity contribution is 5.83. The SMILES string of the molecule is CCN(CC(=O)O)C(=O)CC1(NC(=O)OCC2c3ccccc3-c3ccccc32)CCC1. The van der Waals surface area contributed by atoms with Crippen molar-refractivity contribution in [3.8, 4) is 11.1 Å². The number of aliphatic carboxylic acids is 1. The third kappa shape index (κ3) is 4.33. The summed E-state index contributed by atoms with van der Waals surface area (Å²) in [5, 5.41) is 11.9. The Bertz CT molecular complexity index is 985. The Morgan fingerprint density at radius 3 is 2.16 bits per heavy atom. The Morgan fingerprint density at radius 2 is 1.66 bits per heavy atom. The van der Waals surface area contributed by atoms with Gasteiger partial charge in [-0.3, -0.25) is 9.59 Å². The molecule has 2 N–H and O–H groups in total. The van der Waals surface area contributed by atoms with Crippen LogP contribution in [0.4, 0.5) is 4.79 Å². The minimum atomic E-state index is -1.05. The maximum absolute atomic E-state index is 12.7. The number of likely N-dealkylation sites (N-methyl/N-ethyl adjacent to an activating group) is 1. The number of benzene rings is 2. The molecule has 1 saturated carbocycles. The first kappa shape index (κ1) is 21.9. The number of fused-ring (bicyclic) bond motifs is 3. The highest BCUT2D eigenvalue weighted by atomic mass is 16.5. The minimum absolute atomic E-state index is 0.0294. The zero-order chi connectivity index (χ0) is 22.7. The monoisotopic (exact) mass is 436 g/mol. The fourth-order valence-electron chi connectivity index (χ4n) is 4.74. The quantitative estimate of drug-likeness (QED) is 0.657. The number of hydrogen-bond acceptors (Lipinski definition) is 4. The molecule has 1 fully saturated rings. The van der Waals surface area contributed by atoms with E-state index in [0.29, 0.717) is 19.4 Å². The molecule has 0 saturated heterocycles. The van der Waals surface area contributed by atoms with Gasteiger partial charge < -0.3 is 20.1 Å². The van der Waals surface area contributed by atoms with Crippen LogP contribution in [-0.4, -0.2) is 53.2 Å². The molecule has 32 heavy (non-hydrogen) atoms. The molecule has 4 rings (SSSR count). The average Bonchev–Trinajstić information content (AvgIpc) is 3.08. The van der Waals surface area contributed by atoms with Gasteiger partial charge in [0.1, 0.15) is 13.2 Å². The van der Waals surface area contributed by atoms with E-state index in [1.54, 1.807) is 6.92 Å². The predicted octanol–water partition coefficient (Wildman–Crippen LogP) is 3.77. The van der Waals surface area contributed by atoms with Gasteiger partial charge in [-0.2, -0.15) is 0 Å². The molecular weight excluding hydrogens is 408 g/mol. The van der Waals surface area contributed by atoms with Gasteiger partial charge in [0.2, 0.25) is 5.91 Å². The van der Waals surface area contributed by atoms with E-state index >= 15 is 0 Å². The van der Waals surface area contributed by atoms with E-state index in [1.165, 1.54) is 4.90 Å². The highest BCUT2D eigenvalue weighted by Crippen LogP contribution is 2.44. The van der Waals surface area contributed by atoms with Gasteiger partial charge in [0.25, 0.3) is 0 Å². The number of rotatable bonds is 8. The van der Waals surface area contributed by atoms with Crippen molar-refractivity contribution in [2.75, 3.05) is 19.7 Å². The Kier molecular flexibility index (Phi) is 6.17. The molecule has 2 aromatic carbocycles. The van der Waals surface area contributed by atoms with Crippen LogP contribution in [0.1, 0.15) is 49.7 Å². The molecular formula is C25H28N2O5. The number of carbonyl (C=O) groups excluding carboxylic acids is 2. The van der Waals surface area contributed by atoms with Gasteiger partial charge in [-0.1, -0.05) is 48.5 Å². The van der Waals surface area contributed by atoms with Gasteiger partial charge in [-0.15, -0.1) is 0 Å². The molecule has 0 unspecified atom stereocenters. The molecule has 7 nitrogen and oxygen atoms in total. The van der Waals surface area contributed by atoms with E-state index in [2.05, 4.69) is 29.6 Å². The molecule has 0 heterocycles. The van der Waals surface area contributed by atoms with Crippen molar-refractivity contribution in [2.24, 2.45) is 0 Å². The van der Waals surface area contributed by atoms with Crippen molar-refractivity contribution in [1.82, 2.24) is 10.2 Å². The fraction of sp³-hybridized carbons (Fsp3) is 0.400. The molecule has 2 aliphatic carbocycles. The maximum Gasteiger partial charge on any atom is 0.407 e. The van der Waals surface area contributed by atoms with Gasteiger partial charge in [0.05, 0.1) is 12.0 Å². The molecule has 7 heteroatoms. The molecule has 2 amide bonds. The summed E-state index contributed by atoms with van der Waals surface area (Å²) in [5.74, 6) is -1.35. The van der Waals surface area contributed by atoms with E-state index in [1.807, 2.05) is 24.3 Å². The maximum atomic E-state index is 12.7. The van der Waals surface area contributed by atoms with Crippen molar-refractivity contribution < 1.29 is 24.2 Å². The first-order valence-corrected chi connectivity index (χ1v) is 11.1. The lowest BCUT2D eigenvalue weighted by Gasteiger charge is -2.42. The minimum Gasteiger partial charge on any atom is -0.480 e. The van der Waals surface area contributed by atoms with Gasteiger partial charge in [-0.05, 0) is 48.4 Å². The van der Waals surface area contributed by atoms with Crippen molar-refractivity contribution in [3.63, 3.8) is 0 Å². The van der Waals surface area contributed by atoms with Crippen LogP contribution in [0, 0.1) is 0 Å². The third-order valence-corrected chi connectivity index (χ3v) is 6.57. The average molecular weight is 437 g/mol. The summed E-state index contributed by atoms with van der Waals surface area (Å²) < 4.78 is 5.63. The summed E-state index contributed by atoms with van der Waals surface area (Å²) >= 11 is 0. The summed E-state index contributed by atoms with van der Waals surface area (Å²) in [6.07, 6.45) is 1.79. The number of amides is 2. The molecule has 0 bridgehead atoms. The molecule has 2 aliphatic rings. The van der Waals surface area contributed by atoms with Crippen LogP contribution in [0.2, 0.25) is 0 Å².